The van der Waals surface area contributed by atoms with Crippen molar-refractivity contribution in [1.29, 1.82) is 0 Å². The quantitative estimate of drug-likeness (QED) is 0.634. The molecule has 1 N–H and O–H groups in total. The molecule has 0 bridgehead atoms. The van der Waals surface area contributed by atoms with Gasteiger partial charge in [0.15, 0.2) is 0 Å². The number of benzene rings is 2. The number of amides is 1. The molecule has 1 aliphatic heterocycles. The van der Waals surface area contributed by atoms with Gasteiger partial charge in [0.05, 0.1) is 12.7 Å². The van der Waals surface area contributed by atoms with Gasteiger partial charge in [-0.1, -0.05) is 23.7 Å². The first-order chi connectivity index (χ1) is 14.0. The number of aryl methyl sites for hydroxylation is 2. The molecule has 1 saturated heterocycles. The molecule has 0 atom stereocenters. The zero-order valence-electron chi connectivity index (χ0n) is 16.9. The van der Waals surface area contributed by atoms with Crippen molar-refractivity contribution >= 4 is 28.5 Å². The third-order valence-corrected chi connectivity index (χ3v) is 6.40. The van der Waals surface area contributed by atoms with E-state index in [1.165, 1.54) is 16.7 Å². The van der Waals surface area contributed by atoms with Crippen molar-refractivity contribution in [2.45, 2.75) is 38.5 Å². The van der Waals surface area contributed by atoms with Crippen LogP contribution in [0.2, 0.25) is 5.02 Å². The van der Waals surface area contributed by atoms with Crippen molar-refractivity contribution in [3.8, 4) is 0 Å². The van der Waals surface area contributed by atoms with Gasteiger partial charge in [-0.3, -0.25) is 4.79 Å². The summed E-state index contributed by atoms with van der Waals surface area (Å²) in [6.45, 7) is 6.12. The average molecular weight is 412 g/mol. The molecule has 1 aromatic heterocycles. The van der Waals surface area contributed by atoms with Gasteiger partial charge in [-0.25, -0.2) is 0 Å². The Bertz CT molecular complexity index is 1020. The van der Waals surface area contributed by atoms with E-state index < -0.39 is 0 Å². The first-order valence-corrected chi connectivity index (χ1v) is 10.4. The second-order valence-corrected chi connectivity index (χ2v) is 8.48. The summed E-state index contributed by atoms with van der Waals surface area (Å²) < 4.78 is 11.3. The van der Waals surface area contributed by atoms with Crippen molar-refractivity contribution in [3.05, 3.63) is 69.9 Å². The van der Waals surface area contributed by atoms with Gasteiger partial charge in [0, 0.05) is 41.1 Å². The fourth-order valence-electron chi connectivity index (χ4n) is 4.11. The summed E-state index contributed by atoms with van der Waals surface area (Å²) in [6, 6.07) is 12.1. The predicted octanol–water partition coefficient (Wildman–Crippen LogP) is 5.11. The molecular weight excluding hydrogens is 386 g/mol. The number of halogens is 1. The van der Waals surface area contributed by atoms with E-state index in [-0.39, 0.29) is 11.3 Å². The summed E-state index contributed by atoms with van der Waals surface area (Å²) in [5.41, 5.74) is 5.22. The van der Waals surface area contributed by atoms with Crippen LogP contribution in [0, 0.1) is 13.8 Å². The monoisotopic (exact) mass is 411 g/mol. The largest absolute Gasteiger partial charge is 0.464 e. The van der Waals surface area contributed by atoms with Crippen LogP contribution in [0.15, 0.2) is 47.1 Å². The van der Waals surface area contributed by atoms with Crippen LogP contribution in [-0.2, 0) is 21.4 Å². The summed E-state index contributed by atoms with van der Waals surface area (Å²) in [6.07, 6.45) is 3.76. The fraction of sp³-hybridized carbons (Fsp3) is 0.375. The lowest BCUT2D eigenvalue weighted by Crippen LogP contribution is -2.45. The first-order valence-electron chi connectivity index (χ1n) is 10.0. The van der Waals surface area contributed by atoms with Gasteiger partial charge < -0.3 is 14.5 Å². The molecule has 29 heavy (non-hydrogen) atoms. The van der Waals surface area contributed by atoms with Gasteiger partial charge in [-0.05, 0) is 67.6 Å². The highest BCUT2D eigenvalue weighted by Crippen LogP contribution is 2.35. The normalized spacial score (nSPS) is 16.1. The Morgan fingerprint density at radius 1 is 1.10 bits per heavy atom. The zero-order chi connectivity index (χ0) is 20.4. The summed E-state index contributed by atoms with van der Waals surface area (Å²) in [4.78, 5) is 12.8. The van der Waals surface area contributed by atoms with Gasteiger partial charge in [0.25, 0.3) is 0 Å². The average Bonchev–Trinajstić information content (AvgIpc) is 3.09. The van der Waals surface area contributed by atoms with Crippen molar-refractivity contribution in [1.82, 2.24) is 5.32 Å². The van der Waals surface area contributed by atoms with Gasteiger partial charge in [0.1, 0.15) is 5.58 Å². The molecule has 2 aromatic carbocycles. The molecule has 4 nitrogen and oxygen atoms in total. The topological polar surface area (TPSA) is 51.5 Å². The molecule has 152 valence electrons. The van der Waals surface area contributed by atoms with Crippen LogP contribution in [0.1, 0.15) is 35.1 Å². The van der Waals surface area contributed by atoms with E-state index in [0.717, 1.165) is 34.4 Å². The van der Waals surface area contributed by atoms with Crippen LogP contribution < -0.4 is 5.32 Å². The van der Waals surface area contributed by atoms with E-state index in [2.05, 4.69) is 37.4 Å². The van der Waals surface area contributed by atoms with Crippen molar-refractivity contribution in [2.24, 2.45) is 0 Å². The maximum Gasteiger partial charge on any atom is 0.224 e. The Kier molecular flexibility index (Phi) is 5.66. The van der Waals surface area contributed by atoms with Crippen molar-refractivity contribution in [2.75, 3.05) is 19.8 Å². The van der Waals surface area contributed by atoms with Gasteiger partial charge in [-0.2, -0.15) is 0 Å². The third kappa shape index (κ3) is 4.19. The van der Waals surface area contributed by atoms with Crippen molar-refractivity contribution in [3.63, 3.8) is 0 Å². The molecule has 0 unspecified atom stereocenters. The second kappa shape index (κ2) is 8.21. The van der Waals surface area contributed by atoms with Crippen molar-refractivity contribution < 1.29 is 13.9 Å². The van der Waals surface area contributed by atoms with E-state index in [9.17, 15) is 4.79 Å². The lowest BCUT2D eigenvalue weighted by Gasteiger charge is -2.38. The van der Waals surface area contributed by atoms with Crippen LogP contribution in [0.3, 0.4) is 0 Å². The Morgan fingerprint density at radius 3 is 2.52 bits per heavy atom. The molecule has 1 fully saturated rings. The van der Waals surface area contributed by atoms with Crippen LogP contribution in [0.4, 0.5) is 0 Å². The van der Waals surface area contributed by atoms with Crippen LogP contribution in [-0.4, -0.2) is 25.7 Å². The number of fused-ring (bicyclic) bond motifs is 1. The molecule has 1 aliphatic rings. The number of ether oxygens (including phenoxy) is 1. The molecule has 0 radical (unpaired) electrons. The van der Waals surface area contributed by atoms with Crippen LogP contribution in [0.5, 0.6) is 0 Å². The number of hydrogen-bond acceptors (Lipinski definition) is 3. The minimum absolute atomic E-state index is 0.00533. The molecule has 0 aliphatic carbocycles. The molecule has 2 heterocycles. The van der Waals surface area contributed by atoms with Gasteiger partial charge in [-0.15, -0.1) is 0 Å². The van der Waals surface area contributed by atoms with E-state index in [1.54, 1.807) is 6.26 Å². The number of nitrogens with one attached hydrogen (secondary N) is 1. The predicted molar refractivity (Wildman–Crippen MR) is 116 cm³/mol. The Balaban J connectivity index is 1.49. The number of carbonyl (C=O) groups excluding carboxylic acids is 1. The van der Waals surface area contributed by atoms with E-state index >= 15 is 0 Å². The Hall–Kier alpha value is -2.30. The molecular formula is C24H26ClNO3. The standard InChI is InChI=1S/C24H26ClNO3/c1-16-11-21-18(14-29-22(21)12-17(16)2)13-23(27)26-15-24(7-9-28-10-8-24)19-3-5-20(25)6-4-19/h3-6,11-12,14H,7-10,13,15H2,1-2H3,(H,26,27). The van der Waals surface area contributed by atoms with E-state index in [0.29, 0.717) is 26.2 Å². The molecule has 4 rings (SSSR count). The summed E-state index contributed by atoms with van der Waals surface area (Å²) in [5.74, 6) is 0.00533. The summed E-state index contributed by atoms with van der Waals surface area (Å²) >= 11 is 6.07. The van der Waals surface area contributed by atoms with Gasteiger partial charge >= 0.3 is 0 Å². The molecule has 1 amide bonds. The van der Waals surface area contributed by atoms with E-state index in [4.69, 9.17) is 20.8 Å². The maximum atomic E-state index is 12.8. The highest BCUT2D eigenvalue weighted by molar-refractivity contribution is 6.30. The van der Waals surface area contributed by atoms with E-state index in [1.807, 2.05) is 18.2 Å². The zero-order valence-corrected chi connectivity index (χ0v) is 17.6. The number of hydrogen-bond donors (Lipinski definition) is 1. The number of furan rings is 1. The van der Waals surface area contributed by atoms with Crippen LogP contribution in [0.25, 0.3) is 11.0 Å². The second-order valence-electron chi connectivity index (χ2n) is 8.05. The summed E-state index contributed by atoms with van der Waals surface area (Å²) in [5, 5.41) is 4.90. The smallest absolute Gasteiger partial charge is 0.224 e. The fourth-order valence-corrected chi connectivity index (χ4v) is 4.24. The molecule has 0 spiro atoms. The minimum atomic E-state index is -0.120. The highest BCUT2D eigenvalue weighted by atomic mass is 35.5. The Labute approximate surface area is 176 Å². The number of carbonyl (C=O) groups is 1. The number of rotatable bonds is 5. The first kappa shape index (κ1) is 20.0. The molecule has 0 saturated carbocycles. The van der Waals surface area contributed by atoms with Gasteiger partial charge in [0.2, 0.25) is 5.91 Å². The van der Waals surface area contributed by atoms with Crippen LogP contribution >= 0.6 is 11.6 Å². The Morgan fingerprint density at radius 2 is 1.79 bits per heavy atom. The lowest BCUT2D eigenvalue weighted by atomic mass is 9.74. The third-order valence-electron chi connectivity index (χ3n) is 6.15. The highest BCUT2D eigenvalue weighted by Gasteiger charge is 2.34. The SMILES string of the molecule is Cc1cc2occ(CC(=O)NCC3(c4ccc(Cl)cc4)CCOCC3)c2cc1C. The maximum absolute atomic E-state index is 12.8. The lowest BCUT2D eigenvalue weighted by molar-refractivity contribution is -0.120. The molecule has 3 aromatic rings. The molecule has 5 heteroatoms. The minimum Gasteiger partial charge on any atom is -0.464 e. The summed E-state index contributed by atoms with van der Waals surface area (Å²) in [7, 11) is 0.